The lowest BCUT2D eigenvalue weighted by atomic mass is 9.59. The van der Waals surface area contributed by atoms with E-state index >= 15 is 0 Å². The molecule has 0 saturated heterocycles. The van der Waals surface area contributed by atoms with Gasteiger partial charge in [0.15, 0.2) is 0 Å². The molecule has 3 nitrogen and oxygen atoms in total. The highest BCUT2D eigenvalue weighted by Crippen LogP contribution is 2.53. The molecule has 1 heterocycles. The maximum Gasteiger partial charge on any atom is 0.416 e. The Bertz CT molecular complexity index is 965. The summed E-state index contributed by atoms with van der Waals surface area (Å²) in [6.07, 6.45) is -1.48. The number of nitrogens with two attached hydrogens (primary N) is 1. The monoisotopic (exact) mass is 437 g/mol. The Balaban J connectivity index is 1.58. The zero-order chi connectivity index (χ0) is 21.7. The van der Waals surface area contributed by atoms with Crippen LogP contribution in [-0.4, -0.2) is 12.5 Å². The molecular formula is C23H23ClF3NO2. The van der Waals surface area contributed by atoms with Crippen molar-refractivity contribution in [1.29, 1.82) is 0 Å². The number of carbonyl (C=O) groups excluding carboxylic acids is 1. The van der Waals surface area contributed by atoms with Crippen LogP contribution >= 0.6 is 11.6 Å². The number of hydrogen-bond acceptors (Lipinski definition) is 2. The highest BCUT2D eigenvalue weighted by Gasteiger charge is 2.49. The fourth-order valence-corrected chi connectivity index (χ4v) is 5.21. The molecule has 2 aromatic rings. The quantitative estimate of drug-likeness (QED) is 0.677. The van der Waals surface area contributed by atoms with Crippen LogP contribution in [0.4, 0.5) is 13.2 Å². The Kier molecular flexibility index (Phi) is 5.04. The Labute approximate surface area is 178 Å². The summed E-state index contributed by atoms with van der Waals surface area (Å²) < 4.78 is 44.8. The molecule has 4 rings (SSSR count). The normalized spacial score (nSPS) is 25.4. The minimum atomic E-state index is -4.40. The van der Waals surface area contributed by atoms with Crippen molar-refractivity contribution in [2.45, 2.75) is 49.6 Å². The van der Waals surface area contributed by atoms with E-state index in [1.807, 2.05) is 19.1 Å². The first-order valence-electron chi connectivity index (χ1n) is 9.97. The van der Waals surface area contributed by atoms with Crippen molar-refractivity contribution in [3.05, 3.63) is 64.2 Å². The van der Waals surface area contributed by atoms with Crippen molar-refractivity contribution in [3.63, 3.8) is 0 Å². The predicted octanol–water partition coefficient (Wildman–Crippen LogP) is 5.62. The second-order valence-electron chi connectivity index (χ2n) is 8.63. The van der Waals surface area contributed by atoms with Gasteiger partial charge in [-0.15, -0.1) is 0 Å². The molecule has 1 fully saturated rings. The van der Waals surface area contributed by atoms with E-state index in [2.05, 4.69) is 0 Å². The summed E-state index contributed by atoms with van der Waals surface area (Å²) in [7, 11) is 0. The van der Waals surface area contributed by atoms with Crippen LogP contribution in [0.3, 0.4) is 0 Å². The third-order valence-corrected chi connectivity index (χ3v) is 7.35. The van der Waals surface area contributed by atoms with E-state index < -0.39 is 17.2 Å². The number of rotatable bonds is 3. The van der Waals surface area contributed by atoms with E-state index in [1.165, 1.54) is 0 Å². The van der Waals surface area contributed by atoms with Crippen LogP contribution in [0.1, 0.15) is 49.3 Å². The average molecular weight is 438 g/mol. The fraction of sp³-hybridized carbons (Fsp3) is 0.435. The highest BCUT2D eigenvalue weighted by atomic mass is 35.5. The summed E-state index contributed by atoms with van der Waals surface area (Å²) in [5.41, 5.74) is 5.67. The number of halogens is 4. The average Bonchev–Trinajstić information content (AvgIpc) is 3.05. The predicted molar refractivity (Wildman–Crippen MR) is 109 cm³/mol. The molecule has 0 radical (unpaired) electrons. The van der Waals surface area contributed by atoms with Crippen LogP contribution in [0, 0.1) is 5.92 Å². The van der Waals surface area contributed by atoms with Crippen LogP contribution < -0.4 is 10.5 Å². The van der Waals surface area contributed by atoms with E-state index in [9.17, 15) is 18.0 Å². The topological polar surface area (TPSA) is 52.3 Å². The maximum atomic E-state index is 13.0. The molecule has 1 amide bonds. The molecule has 1 saturated carbocycles. The van der Waals surface area contributed by atoms with Crippen molar-refractivity contribution in [2.75, 3.05) is 6.61 Å². The van der Waals surface area contributed by atoms with Crippen LogP contribution in [0.25, 0.3) is 0 Å². The molecule has 2 aliphatic rings. The number of ether oxygens (including phenoxy) is 1. The van der Waals surface area contributed by atoms with Gasteiger partial charge < -0.3 is 10.5 Å². The number of primary amides is 1. The molecule has 30 heavy (non-hydrogen) atoms. The molecule has 160 valence electrons. The molecule has 0 aromatic heterocycles. The summed E-state index contributed by atoms with van der Waals surface area (Å²) in [4.78, 5) is 12.5. The molecule has 1 aliphatic heterocycles. The second-order valence-corrected chi connectivity index (χ2v) is 9.06. The molecule has 7 heteroatoms. The molecule has 1 spiro atoms. The van der Waals surface area contributed by atoms with Crippen LogP contribution in [0.15, 0.2) is 42.5 Å². The van der Waals surface area contributed by atoms with Gasteiger partial charge in [-0.2, -0.15) is 13.2 Å². The van der Waals surface area contributed by atoms with Crippen molar-refractivity contribution < 1.29 is 22.7 Å². The van der Waals surface area contributed by atoms with Gasteiger partial charge in [0, 0.05) is 16.0 Å². The van der Waals surface area contributed by atoms with Crippen molar-refractivity contribution >= 4 is 17.5 Å². The molecule has 0 bridgehead atoms. The first-order chi connectivity index (χ1) is 14.1. The van der Waals surface area contributed by atoms with Gasteiger partial charge in [0.05, 0.1) is 17.6 Å². The van der Waals surface area contributed by atoms with Gasteiger partial charge >= 0.3 is 6.18 Å². The van der Waals surface area contributed by atoms with Crippen molar-refractivity contribution in [3.8, 4) is 5.75 Å². The van der Waals surface area contributed by atoms with Crippen molar-refractivity contribution in [1.82, 2.24) is 0 Å². The fourth-order valence-electron chi connectivity index (χ4n) is 5.09. The summed E-state index contributed by atoms with van der Waals surface area (Å²) in [5.74, 6) is -0.0393. The number of amides is 1. The number of alkyl halides is 3. The molecule has 1 aliphatic carbocycles. The number of carbonyl (C=O) groups is 1. The lowest BCUT2D eigenvalue weighted by Crippen LogP contribution is -2.48. The second kappa shape index (κ2) is 7.19. The first-order valence-corrected chi connectivity index (χ1v) is 10.3. The Morgan fingerprint density at radius 3 is 2.27 bits per heavy atom. The first kappa shape index (κ1) is 21.0. The summed E-state index contributed by atoms with van der Waals surface area (Å²) in [5, 5.41) is 0.589. The van der Waals surface area contributed by atoms with Gasteiger partial charge in [0.25, 0.3) is 0 Å². The highest BCUT2D eigenvalue weighted by molar-refractivity contribution is 6.30. The van der Waals surface area contributed by atoms with E-state index in [0.29, 0.717) is 17.4 Å². The van der Waals surface area contributed by atoms with Crippen LogP contribution in [0.5, 0.6) is 5.75 Å². The van der Waals surface area contributed by atoms with Gasteiger partial charge in [0.2, 0.25) is 5.91 Å². The zero-order valence-electron chi connectivity index (χ0n) is 16.6. The van der Waals surface area contributed by atoms with Gasteiger partial charge in [-0.3, -0.25) is 4.79 Å². The number of benzene rings is 2. The Hall–Kier alpha value is -2.21. The van der Waals surface area contributed by atoms with Gasteiger partial charge in [-0.1, -0.05) is 29.8 Å². The molecule has 0 unspecified atom stereocenters. The van der Waals surface area contributed by atoms with Gasteiger partial charge in [-0.05, 0) is 68.4 Å². The smallest absolute Gasteiger partial charge is 0.416 e. The van der Waals surface area contributed by atoms with E-state index in [4.69, 9.17) is 22.1 Å². The number of hydrogen-bond donors (Lipinski definition) is 1. The third kappa shape index (κ3) is 3.35. The molecule has 2 aromatic carbocycles. The minimum absolute atomic E-state index is 0.0281. The zero-order valence-corrected chi connectivity index (χ0v) is 17.3. The lowest BCUT2D eigenvalue weighted by molar-refractivity contribution is -0.137. The third-order valence-electron chi connectivity index (χ3n) is 7.10. The number of fused-ring (bicyclic) bond motifs is 2. The standard InChI is InChI=1S/C23H23ClF3NO2/c1-21(20(28)29,14-2-5-17(24)6-3-14)15-8-10-22(11-9-15)13-30-19-12-16(23(25,26)27)4-7-18(19)22/h2-7,12,15H,8-11,13H2,1H3,(H2,28,29)/t15?,21-,22?/m0/s1. The van der Waals surface area contributed by atoms with Gasteiger partial charge in [0.1, 0.15) is 5.75 Å². The van der Waals surface area contributed by atoms with Crippen LogP contribution in [-0.2, 0) is 21.8 Å². The minimum Gasteiger partial charge on any atom is -0.492 e. The molecule has 1 atom stereocenters. The lowest BCUT2D eigenvalue weighted by Gasteiger charge is -2.43. The van der Waals surface area contributed by atoms with E-state index in [-0.39, 0.29) is 17.2 Å². The van der Waals surface area contributed by atoms with Crippen molar-refractivity contribution in [2.24, 2.45) is 11.7 Å². The summed E-state index contributed by atoms with van der Waals surface area (Å²) in [6.45, 7) is 2.24. The summed E-state index contributed by atoms with van der Waals surface area (Å²) >= 11 is 6.00. The summed E-state index contributed by atoms with van der Waals surface area (Å²) in [6, 6.07) is 11.0. The van der Waals surface area contributed by atoms with E-state index in [0.717, 1.165) is 48.9 Å². The molecule has 2 N–H and O–H groups in total. The maximum absolute atomic E-state index is 13.0. The Morgan fingerprint density at radius 1 is 1.10 bits per heavy atom. The largest absolute Gasteiger partial charge is 0.492 e. The molecular weight excluding hydrogens is 415 g/mol. The Morgan fingerprint density at radius 2 is 1.70 bits per heavy atom. The van der Waals surface area contributed by atoms with E-state index in [1.54, 1.807) is 18.2 Å². The van der Waals surface area contributed by atoms with Crippen LogP contribution in [0.2, 0.25) is 5.02 Å². The SMILES string of the molecule is C[C@](C(N)=O)(c1ccc(Cl)cc1)C1CCC2(CC1)COc1cc(C(F)(F)F)ccc12. The van der Waals surface area contributed by atoms with Gasteiger partial charge in [-0.25, -0.2) is 0 Å².